The standard InChI is InChI=1S/C20H34N2O2/c1-20(2)16-4-3-15(19(20)11-16)13-24-14-18(23)12-21-7-9-22(10-8-21)17-5-6-17/h3,16-19,23H,4-14H2,1-2H3. The Bertz CT molecular complexity index is 478. The third-order valence-corrected chi connectivity index (χ3v) is 7.10. The zero-order valence-electron chi connectivity index (χ0n) is 15.4. The molecule has 0 aromatic carbocycles. The first-order chi connectivity index (χ1) is 11.5. The van der Waals surface area contributed by atoms with Gasteiger partial charge in [0, 0.05) is 38.8 Å². The molecule has 1 aliphatic heterocycles. The average molecular weight is 335 g/mol. The predicted molar refractivity (Wildman–Crippen MR) is 95.9 cm³/mol. The molecule has 3 atom stereocenters. The molecule has 0 amide bonds. The van der Waals surface area contributed by atoms with Crippen LogP contribution in [0.4, 0.5) is 0 Å². The number of nitrogens with zero attached hydrogens (tertiary/aromatic N) is 2. The molecule has 0 spiro atoms. The van der Waals surface area contributed by atoms with Crippen molar-refractivity contribution < 1.29 is 9.84 Å². The van der Waals surface area contributed by atoms with Crippen LogP contribution in [0.1, 0.15) is 39.5 Å². The summed E-state index contributed by atoms with van der Waals surface area (Å²) in [6, 6.07) is 0.875. The van der Waals surface area contributed by atoms with Crippen molar-refractivity contribution in [2.75, 3.05) is 45.9 Å². The summed E-state index contributed by atoms with van der Waals surface area (Å²) in [7, 11) is 0. The molecule has 3 fully saturated rings. The summed E-state index contributed by atoms with van der Waals surface area (Å²) in [4.78, 5) is 5.01. The average Bonchev–Trinajstić information content (AvgIpc) is 3.40. The second-order valence-corrected chi connectivity index (χ2v) is 9.06. The summed E-state index contributed by atoms with van der Waals surface area (Å²) >= 11 is 0. The molecule has 4 heteroatoms. The summed E-state index contributed by atoms with van der Waals surface area (Å²) in [5.74, 6) is 1.59. The number of ether oxygens (including phenoxy) is 1. The molecule has 0 radical (unpaired) electrons. The summed E-state index contributed by atoms with van der Waals surface area (Å²) in [5.41, 5.74) is 1.94. The maximum atomic E-state index is 10.3. The van der Waals surface area contributed by atoms with Crippen molar-refractivity contribution in [2.45, 2.75) is 51.7 Å². The number of hydrogen-bond donors (Lipinski definition) is 1. The first-order valence-corrected chi connectivity index (χ1v) is 9.95. The lowest BCUT2D eigenvalue weighted by Gasteiger charge is -2.56. The summed E-state index contributed by atoms with van der Waals surface area (Å²) < 4.78 is 5.88. The van der Waals surface area contributed by atoms with Gasteiger partial charge in [-0.05, 0) is 48.5 Å². The van der Waals surface area contributed by atoms with Gasteiger partial charge >= 0.3 is 0 Å². The smallest absolute Gasteiger partial charge is 0.0900 e. The third-order valence-electron chi connectivity index (χ3n) is 7.10. The first-order valence-electron chi connectivity index (χ1n) is 9.95. The number of fused-ring (bicyclic) bond motifs is 1. The molecule has 136 valence electrons. The van der Waals surface area contributed by atoms with Crippen LogP contribution < -0.4 is 0 Å². The molecule has 0 aromatic heterocycles. The van der Waals surface area contributed by atoms with Gasteiger partial charge in [-0.25, -0.2) is 0 Å². The van der Waals surface area contributed by atoms with Gasteiger partial charge in [-0.1, -0.05) is 19.9 Å². The van der Waals surface area contributed by atoms with Crippen molar-refractivity contribution in [2.24, 2.45) is 17.3 Å². The molecular weight excluding hydrogens is 300 g/mol. The van der Waals surface area contributed by atoms with Crippen LogP contribution in [0, 0.1) is 17.3 Å². The van der Waals surface area contributed by atoms with Crippen LogP contribution in [0.5, 0.6) is 0 Å². The van der Waals surface area contributed by atoms with Crippen LogP contribution in [-0.2, 0) is 4.74 Å². The Hall–Kier alpha value is -0.420. The van der Waals surface area contributed by atoms with E-state index in [2.05, 4.69) is 29.7 Å². The normalized spacial score (nSPS) is 34.5. The molecule has 5 rings (SSSR count). The summed E-state index contributed by atoms with van der Waals surface area (Å²) in [5, 5.41) is 10.3. The minimum atomic E-state index is -0.358. The van der Waals surface area contributed by atoms with Gasteiger partial charge in [0.25, 0.3) is 0 Å². The van der Waals surface area contributed by atoms with E-state index < -0.39 is 0 Å². The van der Waals surface area contributed by atoms with Crippen LogP contribution in [-0.4, -0.2) is 73.0 Å². The molecule has 5 aliphatic rings. The minimum Gasteiger partial charge on any atom is -0.389 e. The van der Waals surface area contributed by atoms with Crippen molar-refractivity contribution in [3.63, 3.8) is 0 Å². The first kappa shape index (κ1) is 17.0. The zero-order chi connectivity index (χ0) is 16.7. The quantitative estimate of drug-likeness (QED) is 0.724. The number of rotatable bonds is 7. The Morgan fingerprint density at radius 1 is 1.25 bits per heavy atom. The molecule has 0 aromatic rings. The fourth-order valence-electron chi connectivity index (χ4n) is 5.05. The SMILES string of the molecule is CC1(C)C2CC=C(COCC(O)CN3CCN(C4CC4)CC3)C1C2. The third kappa shape index (κ3) is 3.44. The Kier molecular flexibility index (Phi) is 4.76. The van der Waals surface area contributed by atoms with Crippen LogP contribution in [0.2, 0.25) is 0 Å². The largest absolute Gasteiger partial charge is 0.389 e. The lowest BCUT2D eigenvalue weighted by Crippen LogP contribution is -2.50. The second kappa shape index (κ2) is 6.71. The Balaban J connectivity index is 1.14. The topological polar surface area (TPSA) is 35.9 Å². The lowest BCUT2D eigenvalue weighted by atomic mass is 9.49. The van der Waals surface area contributed by atoms with E-state index in [4.69, 9.17) is 4.74 Å². The van der Waals surface area contributed by atoms with Gasteiger partial charge in [0.1, 0.15) is 0 Å². The van der Waals surface area contributed by atoms with Crippen molar-refractivity contribution in [1.29, 1.82) is 0 Å². The van der Waals surface area contributed by atoms with Gasteiger partial charge in [0.2, 0.25) is 0 Å². The Morgan fingerprint density at radius 3 is 2.62 bits per heavy atom. The molecule has 2 bridgehead atoms. The van der Waals surface area contributed by atoms with E-state index in [1.54, 1.807) is 0 Å². The van der Waals surface area contributed by atoms with Crippen molar-refractivity contribution in [1.82, 2.24) is 9.80 Å². The molecule has 1 N–H and O–H groups in total. The Labute approximate surface area is 146 Å². The highest BCUT2D eigenvalue weighted by molar-refractivity contribution is 5.23. The number of β-amino-alcohol motifs (C(OH)–C–C–N with tert-alkyl or cyclic N) is 1. The summed E-state index contributed by atoms with van der Waals surface area (Å²) in [6.45, 7) is 11.3. The van der Waals surface area contributed by atoms with Gasteiger partial charge in [0.05, 0.1) is 19.3 Å². The van der Waals surface area contributed by atoms with E-state index >= 15 is 0 Å². The van der Waals surface area contributed by atoms with E-state index in [9.17, 15) is 5.11 Å². The maximum absolute atomic E-state index is 10.3. The molecule has 4 aliphatic carbocycles. The molecule has 24 heavy (non-hydrogen) atoms. The lowest BCUT2D eigenvalue weighted by molar-refractivity contribution is -0.0275. The number of aliphatic hydroxyl groups excluding tert-OH is 1. The maximum Gasteiger partial charge on any atom is 0.0900 e. The predicted octanol–water partition coefficient (Wildman–Crippen LogP) is 2.14. The fourth-order valence-corrected chi connectivity index (χ4v) is 5.05. The van der Waals surface area contributed by atoms with Crippen LogP contribution >= 0.6 is 0 Å². The highest BCUT2D eigenvalue weighted by atomic mass is 16.5. The van der Waals surface area contributed by atoms with E-state index in [1.165, 1.54) is 44.3 Å². The fraction of sp³-hybridized carbons (Fsp3) is 0.900. The molecule has 2 saturated carbocycles. The highest BCUT2D eigenvalue weighted by Crippen LogP contribution is 2.59. The van der Waals surface area contributed by atoms with Gasteiger partial charge in [-0.15, -0.1) is 0 Å². The van der Waals surface area contributed by atoms with E-state index in [0.29, 0.717) is 24.5 Å². The van der Waals surface area contributed by atoms with E-state index in [1.807, 2.05) is 0 Å². The summed E-state index contributed by atoms with van der Waals surface area (Å²) in [6.07, 6.45) is 7.39. The molecular formula is C20H34N2O2. The Morgan fingerprint density at radius 2 is 2.00 bits per heavy atom. The molecule has 1 heterocycles. The van der Waals surface area contributed by atoms with Gasteiger partial charge in [-0.2, -0.15) is 0 Å². The van der Waals surface area contributed by atoms with Crippen molar-refractivity contribution in [3.8, 4) is 0 Å². The second-order valence-electron chi connectivity index (χ2n) is 9.06. The number of hydrogen-bond acceptors (Lipinski definition) is 4. The minimum absolute atomic E-state index is 0.358. The van der Waals surface area contributed by atoms with E-state index in [-0.39, 0.29) is 6.10 Å². The number of piperazine rings is 1. The highest BCUT2D eigenvalue weighted by Gasteiger charge is 2.50. The molecule has 3 unspecified atom stereocenters. The van der Waals surface area contributed by atoms with Crippen LogP contribution in [0.15, 0.2) is 11.6 Å². The van der Waals surface area contributed by atoms with Crippen LogP contribution in [0.3, 0.4) is 0 Å². The van der Waals surface area contributed by atoms with Crippen molar-refractivity contribution >= 4 is 0 Å². The van der Waals surface area contributed by atoms with Gasteiger partial charge in [-0.3, -0.25) is 9.80 Å². The zero-order valence-corrected chi connectivity index (χ0v) is 15.4. The monoisotopic (exact) mass is 334 g/mol. The van der Waals surface area contributed by atoms with Gasteiger partial charge < -0.3 is 9.84 Å². The number of allylic oxidation sites excluding steroid dienone is 1. The van der Waals surface area contributed by atoms with E-state index in [0.717, 1.165) is 31.6 Å². The van der Waals surface area contributed by atoms with Crippen molar-refractivity contribution in [3.05, 3.63) is 11.6 Å². The number of aliphatic hydroxyl groups is 1. The van der Waals surface area contributed by atoms with Crippen LogP contribution in [0.25, 0.3) is 0 Å². The molecule has 4 nitrogen and oxygen atoms in total. The molecule has 1 saturated heterocycles. The van der Waals surface area contributed by atoms with Gasteiger partial charge in [0.15, 0.2) is 0 Å².